The van der Waals surface area contributed by atoms with E-state index in [4.69, 9.17) is 19.4 Å². The third-order valence-corrected chi connectivity index (χ3v) is 6.48. The van der Waals surface area contributed by atoms with Gasteiger partial charge in [0.05, 0.1) is 24.9 Å². The number of nitrogens with one attached hydrogen (secondary N) is 1. The summed E-state index contributed by atoms with van der Waals surface area (Å²) in [4.78, 5) is 32.9. The molecule has 5 heterocycles. The van der Waals surface area contributed by atoms with E-state index in [1.165, 1.54) is 0 Å². The van der Waals surface area contributed by atoms with E-state index in [1.54, 1.807) is 4.90 Å². The van der Waals surface area contributed by atoms with E-state index >= 15 is 0 Å². The Hall–Kier alpha value is -3.67. The van der Waals surface area contributed by atoms with Crippen LogP contribution in [0, 0.1) is 0 Å². The molecule has 12 nitrogen and oxygen atoms in total. The minimum absolute atomic E-state index is 0.237. The van der Waals surface area contributed by atoms with Crippen molar-refractivity contribution in [3.8, 4) is 0 Å². The number of aromatic nitrogens is 5. The number of ether oxygens (including phenoxy) is 2. The van der Waals surface area contributed by atoms with Crippen molar-refractivity contribution in [1.82, 2.24) is 29.6 Å². The number of anilines is 4. The van der Waals surface area contributed by atoms with E-state index < -0.39 is 5.60 Å². The summed E-state index contributed by atoms with van der Waals surface area (Å²) in [5, 5.41) is 8.87. The first-order chi connectivity index (χ1) is 18.2. The van der Waals surface area contributed by atoms with Crippen LogP contribution < -0.4 is 15.1 Å². The number of carbonyl (C=O) groups excluding carboxylic acids is 1. The van der Waals surface area contributed by atoms with Gasteiger partial charge in [0.2, 0.25) is 5.95 Å². The van der Waals surface area contributed by atoms with E-state index in [0.717, 1.165) is 29.8 Å². The Bertz CT molecular complexity index is 1270. The maximum atomic E-state index is 12.5. The van der Waals surface area contributed by atoms with Crippen molar-refractivity contribution in [1.29, 1.82) is 0 Å². The molecule has 3 aromatic rings. The van der Waals surface area contributed by atoms with Crippen LogP contribution in [0.5, 0.6) is 0 Å². The van der Waals surface area contributed by atoms with E-state index in [2.05, 4.69) is 39.0 Å². The van der Waals surface area contributed by atoms with E-state index in [0.29, 0.717) is 57.0 Å². The summed E-state index contributed by atoms with van der Waals surface area (Å²) in [6.45, 7) is 15.0. The molecule has 3 aromatic heterocycles. The molecule has 1 amide bonds. The maximum absolute atomic E-state index is 12.5. The molecule has 204 valence electrons. The van der Waals surface area contributed by atoms with Crippen LogP contribution in [0.25, 0.3) is 10.9 Å². The molecule has 0 unspecified atom stereocenters. The van der Waals surface area contributed by atoms with E-state index in [-0.39, 0.29) is 12.1 Å². The Balaban J connectivity index is 1.38. The second-order valence-electron chi connectivity index (χ2n) is 10.9. The van der Waals surface area contributed by atoms with Gasteiger partial charge in [-0.2, -0.15) is 15.1 Å². The van der Waals surface area contributed by atoms with Crippen molar-refractivity contribution in [2.24, 2.45) is 0 Å². The standard InChI is InChI=1S/C26H37N9O3/c1-18(2)35-20-14-21(27-16-19(20)17-28-35)29-22-15-23(31-24(30-22)33-10-12-37-13-11-33)32-6-8-34(9-7-32)25(36)38-26(3,4)5/h14-18H,6-13H2,1-5H3,(H,27,29,30,31). The first-order valence-corrected chi connectivity index (χ1v) is 13.2. The summed E-state index contributed by atoms with van der Waals surface area (Å²) in [5.41, 5.74) is 0.497. The smallest absolute Gasteiger partial charge is 0.410 e. The maximum Gasteiger partial charge on any atom is 0.410 e. The third kappa shape index (κ3) is 5.90. The van der Waals surface area contributed by atoms with Crippen LogP contribution in [-0.4, -0.2) is 93.8 Å². The van der Waals surface area contributed by atoms with Gasteiger partial charge >= 0.3 is 6.09 Å². The molecule has 38 heavy (non-hydrogen) atoms. The lowest BCUT2D eigenvalue weighted by Crippen LogP contribution is -2.50. The monoisotopic (exact) mass is 523 g/mol. The van der Waals surface area contributed by atoms with E-state index in [9.17, 15) is 4.79 Å². The molecule has 0 atom stereocenters. The minimum Gasteiger partial charge on any atom is -0.444 e. The third-order valence-electron chi connectivity index (χ3n) is 6.48. The molecule has 0 radical (unpaired) electrons. The van der Waals surface area contributed by atoms with Crippen LogP contribution in [0.4, 0.5) is 28.2 Å². The van der Waals surface area contributed by atoms with Crippen LogP contribution >= 0.6 is 0 Å². The molecule has 12 heteroatoms. The van der Waals surface area contributed by atoms with Gasteiger partial charge in [0.1, 0.15) is 23.1 Å². The number of pyridine rings is 1. The second kappa shape index (κ2) is 10.6. The first kappa shape index (κ1) is 26.0. The topological polar surface area (TPSA) is 114 Å². The number of piperazine rings is 1. The molecule has 2 fully saturated rings. The summed E-state index contributed by atoms with van der Waals surface area (Å²) >= 11 is 0. The average molecular weight is 524 g/mol. The number of nitrogens with zero attached hydrogens (tertiary/aromatic N) is 8. The molecule has 5 rings (SSSR count). The van der Waals surface area contributed by atoms with Gasteiger partial charge in [0.15, 0.2) is 0 Å². The highest BCUT2D eigenvalue weighted by Crippen LogP contribution is 2.26. The molecular weight excluding hydrogens is 486 g/mol. The SMILES string of the molecule is CC(C)n1ncc2cnc(Nc3cc(N4CCN(C(=O)OC(C)(C)C)CC4)nc(N4CCOCC4)n3)cc21. The van der Waals surface area contributed by atoms with Gasteiger partial charge in [-0.05, 0) is 34.6 Å². The van der Waals surface area contributed by atoms with Gasteiger partial charge in [-0.3, -0.25) is 4.68 Å². The van der Waals surface area contributed by atoms with Gasteiger partial charge in [-0.1, -0.05) is 0 Å². The number of carbonyl (C=O) groups is 1. The molecule has 0 saturated carbocycles. The highest BCUT2D eigenvalue weighted by molar-refractivity contribution is 5.81. The minimum atomic E-state index is -0.515. The fourth-order valence-corrected chi connectivity index (χ4v) is 4.55. The highest BCUT2D eigenvalue weighted by atomic mass is 16.6. The predicted molar refractivity (Wildman–Crippen MR) is 146 cm³/mol. The van der Waals surface area contributed by atoms with Gasteiger partial charge in [-0.25, -0.2) is 9.78 Å². The van der Waals surface area contributed by atoms with Crippen LogP contribution in [-0.2, 0) is 9.47 Å². The number of fused-ring (bicyclic) bond motifs is 1. The lowest BCUT2D eigenvalue weighted by molar-refractivity contribution is 0.0240. The van der Waals surface area contributed by atoms with Crippen LogP contribution in [0.1, 0.15) is 40.7 Å². The summed E-state index contributed by atoms with van der Waals surface area (Å²) < 4.78 is 13.1. The zero-order valence-corrected chi connectivity index (χ0v) is 22.8. The largest absolute Gasteiger partial charge is 0.444 e. The number of rotatable bonds is 5. The Labute approximate surface area is 222 Å². The van der Waals surface area contributed by atoms with Crippen molar-refractivity contribution in [3.05, 3.63) is 24.5 Å². The Kier molecular flexibility index (Phi) is 7.24. The predicted octanol–water partition coefficient (Wildman–Crippen LogP) is 3.44. The number of hydrogen-bond donors (Lipinski definition) is 1. The van der Waals surface area contributed by atoms with Crippen LogP contribution in [0.15, 0.2) is 24.5 Å². The van der Waals surface area contributed by atoms with Crippen molar-refractivity contribution >= 4 is 40.4 Å². The van der Waals surface area contributed by atoms with Crippen molar-refractivity contribution in [2.75, 3.05) is 67.6 Å². The molecule has 2 aliphatic rings. The number of morpholine rings is 1. The molecule has 2 saturated heterocycles. The Morgan fingerprint density at radius 1 is 0.974 bits per heavy atom. The second-order valence-corrected chi connectivity index (χ2v) is 10.9. The summed E-state index contributed by atoms with van der Waals surface area (Å²) in [6.07, 6.45) is 3.38. The van der Waals surface area contributed by atoms with Gasteiger partial charge in [0.25, 0.3) is 0 Å². The molecule has 0 bridgehead atoms. The van der Waals surface area contributed by atoms with Crippen LogP contribution in [0.3, 0.4) is 0 Å². The Morgan fingerprint density at radius 2 is 1.71 bits per heavy atom. The first-order valence-electron chi connectivity index (χ1n) is 13.2. The molecule has 2 aliphatic heterocycles. The lowest BCUT2D eigenvalue weighted by Gasteiger charge is -2.36. The summed E-state index contributed by atoms with van der Waals surface area (Å²) in [7, 11) is 0. The fourth-order valence-electron chi connectivity index (χ4n) is 4.55. The summed E-state index contributed by atoms with van der Waals surface area (Å²) in [5.74, 6) is 2.80. The molecule has 0 aliphatic carbocycles. The highest BCUT2D eigenvalue weighted by Gasteiger charge is 2.27. The lowest BCUT2D eigenvalue weighted by atomic mass is 10.2. The average Bonchev–Trinajstić information content (AvgIpc) is 3.32. The summed E-state index contributed by atoms with van der Waals surface area (Å²) in [6, 6.07) is 4.18. The molecular formula is C26H37N9O3. The fraction of sp³-hybridized carbons (Fsp3) is 0.577. The van der Waals surface area contributed by atoms with Crippen molar-refractivity contribution in [2.45, 2.75) is 46.3 Å². The van der Waals surface area contributed by atoms with E-state index in [1.807, 2.05) is 50.0 Å². The Morgan fingerprint density at radius 3 is 2.39 bits per heavy atom. The van der Waals surface area contributed by atoms with Crippen LogP contribution in [0.2, 0.25) is 0 Å². The number of amides is 1. The van der Waals surface area contributed by atoms with Gasteiger partial charge in [-0.15, -0.1) is 0 Å². The zero-order valence-electron chi connectivity index (χ0n) is 22.8. The zero-order chi connectivity index (χ0) is 26.9. The van der Waals surface area contributed by atoms with Crippen molar-refractivity contribution < 1.29 is 14.3 Å². The molecule has 0 spiro atoms. The van der Waals surface area contributed by atoms with Gasteiger partial charge < -0.3 is 29.5 Å². The molecule has 1 N–H and O–H groups in total. The normalized spacial score (nSPS) is 16.8. The number of hydrogen-bond acceptors (Lipinski definition) is 10. The quantitative estimate of drug-likeness (QED) is 0.533. The van der Waals surface area contributed by atoms with Gasteiger partial charge in [0, 0.05) is 69.0 Å². The van der Waals surface area contributed by atoms with Crippen molar-refractivity contribution in [3.63, 3.8) is 0 Å². The molecule has 0 aromatic carbocycles.